The third kappa shape index (κ3) is 2.96. The first kappa shape index (κ1) is 14.2. The summed E-state index contributed by atoms with van der Waals surface area (Å²) >= 11 is 1.68. The van der Waals surface area contributed by atoms with Gasteiger partial charge in [-0.3, -0.25) is 9.79 Å². The van der Waals surface area contributed by atoms with Crippen LogP contribution in [-0.4, -0.2) is 41.4 Å². The molecule has 5 nitrogen and oxygen atoms in total. The number of fused-ring (bicyclic) bond motifs is 1. The first-order chi connectivity index (χ1) is 9.54. The minimum Gasteiger partial charge on any atom is -0.463 e. The maximum atomic E-state index is 11.0. The van der Waals surface area contributed by atoms with Gasteiger partial charge in [0.2, 0.25) is 0 Å². The van der Waals surface area contributed by atoms with Crippen LogP contribution in [0.5, 0.6) is 0 Å². The topological polar surface area (TPSA) is 59.9 Å². The van der Waals surface area contributed by atoms with E-state index in [9.17, 15) is 4.79 Å². The van der Waals surface area contributed by atoms with Crippen LogP contribution < -0.4 is 5.32 Å². The van der Waals surface area contributed by atoms with E-state index < -0.39 is 0 Å². The Bertz CT molecular complexity index is 425. The third-order valence-electron chi connectivity index (χ3n) is 4.39. The van der Waals surface area contributed by atoms with Gasteiger partial charge in [-0.2, -0.15) is 0 Å². The van der Waals surface area contributed by atoms with E-state index in [0.29, 0.717) is 24.5 Å². The van der Waals surface area contributed by atoms with E-state index in [-0.39, 0.29) is 23.6 Å². The number of ether oxygens (including phenoxy) is 2. The average Bonchev–Trinajstić information content (AvgIpc) is 3.10. The number of hydrogen-bond donors (Lipinski definition) is 1. The number of carbonyl (C=O) groups is 1. The largest absolute Gasteiger partial charge is 0.463 e. The molecule has 0 aromatic heterocycles. The summed E-state index contributed by atoms with van der Waals surface area (Å²) in [4.78, 5) is 15.8. The predicted octanol–water partition coefficient (Wildman–Crippen LogP) is 1.77. The van der Waals surface area contributed by atoms with E-state index >= 15 is 0 Å². The molecule has 20 heavy (non-hydrogen) atoms. The van der Waals surface area contributed by atoms with Crippen LogP contribution in [0.3, 0.4) is 0 Å². The van der Waals surface area contributed by atoms with Gasteiger partial charge >= 0.3 is 5.97 Å². The van der Waals surface area contributed by atoms with E-state index in [0.717, 1.165) is 5.17 Å². The van der Waals surface area contributed by atoms with Crippen molar-refractivity contribution in [2.24, 2.45) is 16.8 Å². The number of esters is 1. The Morgan fingerprint density at radius 2 is 2.20 bits per heavy atom. The first-order valence-corrected chi connectivity index (χ1v) is 8.22. The van der Waals surface area contributed by atoms with Crippen LogP contribution in [0.1, 0.15) is 33.6 Å². The molecule has 2 heterocycles. The summed E-state index contributed by atoms with van der Waals surface area (Å²) in [5.74, 6) is 0.516. The van der Waals surface area contributed by atoms with Crippen molar-refractivity contribution in [3.05, 3.63) is 0 Å². The summed E-state index contributed by atoms with van der Waals surface area (Å²) in [7, 11) is 0. The van der Waals surface area contributed by atoms with Crippen molar-refractivity contribution in [2.75, 3.05) is 6.61 Å². The minimum absolute atomic E-state index is 0.0295. The molecule has 3 rings (SSSR count). The van der Waals surface area contributed by atoms with Gasteiger partial charge in [0.15, 0.2) is 5.17 Å². The maximum Gasteiger partial charge on any atom is 0.302 e. The van der Waals surface area contributed by atoms with Crippen LogP contribution in [0, 0.1) is 11.8 Å². The maximum absolute atomic E-state index is 11.0. The Kier molecular flexibility index (Phi) is 3.95. The van der Waals surface area contributed by atoms with Crippen molar-refractivity contribution < 1.29 is 14.3 Å². The Morgan fingerprint density at radius 1 is 1.45 bits per heavy atom. The lowest BCUT2D eigenvalue weighted by Crippen LogP contribution is -2.47. The molecular formula is C14H22N2O3S. The molecular weight excluding hydrogens is 276 g/mol. The van der Waals surface area contributed by atoms with Crippen LogP contribution in [0.2, 0.25) is 0 Å². The fourth-order valence-electron chi connectivity index (χ4n) is 2.69. The second kappa shape index (κ2) is 5.56. The van der Waals surface area contributed by atoms with Crippen molar-refractivity contribution >= 4 is 22.9 Å². The van der Waals surface area contributed by atoms with Gasteiger partial charge in [0.05, 0.1) is 12.1 Å². The normalized spacial score (nSPS) is 40.0. The van der Waals surface area contributed by atoms with Crippen molar-refractivity contribution in [2.45, 2.75) is 57.2 Å². The van der Waals surface area contributed by atoms with E-state index in [1.54, 1.807) is 11.8 Å². The Morgan fingerprint density at radius 3 is 2.85 bits per heavy atom. The summed E-state index contributed by atoms with van der Waals surface area (Å²) < 4.78 is 11.2. The number of nitrogens with zero attached hydrogens (tertiary/aromatic N) is 1. The van der Waals surface area contributed by atoms with Gasteiger partial charge in [-0.25, -0.2) is 0 Å². The zero-order chi connectivity index (χ0) is 14.3. The first-order valence-electron chi connectivity index (χ1n) is 7.34. The van der Waals surface area contributed by atoms with Gasteiger partial charge < -0.3 is 14.8 Å². The summed E-state index contributed by atoms with van der Waals surface area (Å²) in [5, 5.41) is 4.48. The lowest BCUT2D eigenvalue weighted by Gasteiger charge is -2.40. The molecule has 3 aliphatic rings. The molecule has 1 saturated carbocycles. The number of thioether (sulfide) groups is 1. The van der Waals surface area contributed by atoms with Gasteiger partial charge in [0.25, 0.3) is 0 Å². The van der Waals surface area contributed by atoms with Gasteiger partial charge in [0.1, 0.15) is 12.0 Å². The SMILES string of the molecule is CC(=O)OC[C@H]1O[C@@H]2SC(NC3CC3)=N[C@@H]2[C@@H](C)[C@@H]1C. The minimum atomic E-state index is -0.248. The molecule has 0 bridgehead atoms. The highest BCUT2D eigenvalue weighted by atomic mass is 32.2. The van der Waals surface area contributed by atoms with E-state index in [2.05, 4.69) is 19.2 Å². The van der Waals surface area contributed by atoms with Crippen molar-refractivity contribution in [3.63, 3.8) is 0 Å². The van der Waals surface area contributed by atoms with Gasteiger partial charge in [-0.05, 0) is 24.7 Å². The third-order valence-corrected chi connectivity index (χ3v) is 5.46. The quantitative estimate of drug-likeness (QED) is 0.805. The number of rotatable bonds is 3. The molecule has 1 N–H and O–H groups in total. The molecule has 5 atom stereocenters. The fourth-order valence-corrected chi connectivity index (χ4v) is 3.97. The van der Waals surface area contributed by atoms with Crippen LogP contribution >= 0.6 is 11.8 Å². The molecule has 0 spiro atoms. The zero-order valence-electron chi connectivity index (χ0n) is 12.2. The van der Waals surface area contributed by atoms with E-state index in [1.165, 1.54) is 19.8 Å². The number of aliphatic imine (C=N–C) groups is 1. The van der Waals surface area contributed by atoms with Crippen molar-refractivity contribution in [1.82, 2.24) is 5.32 Å². The number of nitrogens with one attached hydrogen (secondary N) is 1. The monoisotopic (exact) mass is 298 g/mol. The van der Waals surface area contributed by atoms with Gasteiger partial charge in [-0.15, -0.1) is 0 Å². The van der Waals surface area contributed by atoms with Gasteiger partial charge in [0, 0.05) is 13.0 Å². The predicted molar refractivity (Wildman–Crippen MR) is 78.6 cm³/mol. The Balaban J connectivity index is 1.62. The second-order valence-corrected chi connectivity index (χ2v) is 7.11. The lowest BCUT2D eigenvalue weighted by molar-refractivity contribution is -0.152. The summed E-state index contributed by atoms with van der Waals surface area (Å²) in [6.45, 7) is 6.15. The molecule has 0 unspecified atom stereocenters. The molecule has 0 amide bonds. The van der Waals surface area contributed by atoms with Crippen molar-refractivity contribution in [1.29, 1.82) is 0 Å². The molecule has 1 aliphatic carbocycles. The highest BCUT2D eigenvalue weighted by Gasteiger charge is 2.46. The molecule has 0 aromatic carbocycles. The average molecular weight is 298 g/mol. The molecule has 0 aromatic rings. The number of amidine groups is 1. The van der Waals surface area contributed by atoms with E-state index in [1.807, 2.05) is 0 Å². The second-order valence-electron chi connectivity index (χ2n) is 6.03. The molecule has 2 fully saturated rings. The molecule has 1 saturated heterocycles. The Hall–Kier alpha value is -0.750. The van der Waals surface area contributed by atoms with Crippen LogP contribution in [-0.2, 0) is 14.3 Å². The zero-order valence-corrected chi connectivity index (χ0v) is 13.0. The van der Waals surface area contributed by atoms with E-state index in [4.69, 9.17) is 14.5 Å². The summed E-state index contributed by atoms with van der Waals surface area (Å²) in [5.41, 5.74) is 0.0583. The van der Waals surface area contributed by atoms with Crippen LogP contribution in [0.25, 0.3) is 0 Å². The Labute approximate surface area is 123 Å². The summed E-state index contributed by atoms with van der Waals surface area (Å²) in [6.07, 6.45) is 2.46. The molecule has 2 aliphatic heterocycles. The summed E-state index contributed by atoms with van der Waals surface area (Å²) in [6, 6.07) is 0.829. The molecule has 112 valence electrons. The highest BCUT2D eigenvalue weighted by molar-refractivity contribution is 8.14. The van der Waals surface area contributed by atoms with Gasteiger partial charge in [-0.1, -0.05) is 25.6 Å². The smallest absolute Gasteiger partial charge is 0.302 e. The number of carbonyl (C=O) groups excluding carboxylic acids is 1. The number of hydrogen-bond acceptors (Lipinski definition) is 6. The van der Waals surface area contributed by atoms with Crippen molar-refractivity contribution in [3.8, 4) is 0 Å². The lowest BCUT2D eigenvalue weighted by atomic mass is 9.83. The van der Waals surface area contributed by atoms with Crippen LogP contribution in [0.4, 0.5) is 0 Å². The molecule has 0 radical (unpaired) electrons. The van der Waals surface area contributed by atoms with Crippen LogP contribution in [0.15, 0.2) is 4.99 Å². The standard InChI is InChI=1S/C14H22N2O3S/c1-7-8(2)12-13(19-11(7)6-18-9(3)17)20-14(16-12)15-10-4-5-10/h7-8,10-13H,4-6H2,1-3H3,(H,15,16)/t7-,8-,11+,12+,13+/m0/s1. The fraction of sp³-hybridized carbons (Fsp3) is 0.857. The highest BCUT2D eigenvalue weighted by Crippen LogP contribution is 2.41. The molecule has 6 heteroatoms.